The van der Waals surface area contributed by atoms with Gasteiger partial charge in [0.25, 0.3) is 5.89 Å². The topological polar surface area (TPSA) is 118 Å². The molecule has 9 nitrogen and oxygen atoms in total. The Kier molecular flexibility index (Phi) is 5.32. The zero-order valence-corrected chi connectivity index (χ0v) is 14.7. The molecule has 27 heavy (non-hydrogen) atoms. The molecule has 0 aliphatic carbocycles. The van der Waals surface area contributed by atoms with Crippen molar-refractivity contribution in [2.75, 3.05) is 7.11 Å². The number of esters is 1. The summed E-state index contributed by atoms with van der Waals surface area (Å²) >= 11 is 5.92. The van der Waals surface area contributed by atoms with Crippen LogP contribution in [0, 0.1) is 10.1 Å². The fourth-order valence-corrected chi connectivity index (χ4v) is 2.42. The number of carbonyl (C=O) groups is 1. The number of hydrogen-bond donors (Lipinski definition) is 0. The lowest BCUT2D eigenvalue weighted by Crippen LogP contribution is -2.06. The molecule has 0 fully saturated rings. The summed E-state index contributed by atoms with van der Waals surface area (Å²) in [5.41, 5.74) is 0.305. The average molecular weight is 390 g/mol. The molecule has 0 saturated carbocycles. The highest BCUT2D eigenvalue weighted by atomic mass is 35.5. The number of nitro benzene ring substituents is 1. The molecule has 0 N–H and O–H groups in total. The van der Waals surface area contributed by atoms with Crippen LogP contribution in [0.25, 0.3) is 11.4 Å². The van der Waals surface area contributed by atoms with Crippen molar-refractivity contribution in [3.05, 3.63) is 69.1 Å². The van der Waals surface area contributed by atoms with Gasteiger partial charge in [0.1, 0.15) is 0 Å². The number of aromatic nitrogens is 2. The van der Waals surface area contributed by atoms with Crippen LogP contribution in [0.1, 0.15) is 16.2 Å². The van der Waals surface area contributed by atoms with Crippen molar-refractivity contribution < 1.29 is 23.7 Å². The van der Waals surface area contributed by atoms with Crippen LogP contribution in [0.5, 0.6) is 5.75 Å². The van der Waals surface area contributed by atoms with E-state index in [1.54, 1.807) is 24.3 Å². The molecule has 0 aliphatic rings. The van der Waals surface area contributed by atoms with Crippen LogP contribution in [0.4, 0.5) is 5.69 Å². The number of halogens is 1. The van der Waals surface area contributed by atoms with Gasteiger partial charge in [0, 0.05) is 16.7 Å². The summed E-state index contributed by atoms with van der Waals surface area (Å²) in [5.74, 6) is -0.368. The summed E-state index contributed by atoms with van der Waals surface area (Å²) in [5, 5.41) is 15.3. The van der Waals surface area contributed by atoms with Crippen LogP contribution in [0.15, 0.2) is 47.0 Å². The second-order valence-electron chi connectivity index (χ2n) is 5.24. The van der Waals surface area contributed by atoms with E-state index in [0.717, 1.165) is 6.07 Å². The Morgan fingerprint density at radius 1 is 1.30 bits per heavy atom. The largest absolute Gasteiger partial charge is 0.490 e. The van der Waals surface area contributed by atoms with E-state index in [1.807, 2.05) is 0 Å². The molecule has 0 amide bonds. The highest BCUT2D eigenvalue weighted by Gasteiger charge is 2.19. The third-order valence-electron chi connectivity index (χ3n) is 3.49. The van der Waals surface area contributed by atoms with Crippen molar-refractivity contribution in [1.29, 1.82) is 0 Å². The number of ether oxygens (including phenoxy) is 2. The highest BCUT2D eigenvalue weighted by molar-refractivity contribution is 6.30. The molecule has 0 saturated heterocycles. The SMILES string of the molecule is COc1ccc(C(=O)OCc2nc(-c3cccc(Cl)c3)no2)cc1[N+](=O)[O-]. The summed E-state index contributed by atoms with van der Waals surface area (Å²) in [6, 6.07) is 10.6. The highest BCUT2D eigenvalue weighted by Crippen LogP contribution is 2.28. The predicted octanol–water partition coefficient (Wildman–Crippen LogP) is 3.66. The molecule has 3 aromatic rings. The van der Waals surface area contributed by atoms with Gasteiger partial charge in [0.05, 0.1) is 17.6 Å². The fraction of sp³-hybridized carbons (Fsp3) is 0.118. The van der Waals surface area contributed by atoms with Crippen LogP contribution in [0.2, 0.25) is 5.02 Å². The number of methoxy groups -OCH3 is 1. The maximum Gasteiger partial charge on any atom is 0.338 e. The van der Waals surface area contributed by atoms with Gasteiger partial charge in [-0.05, 0) is 24.3 Å². The van der Waals surface area contributed by atoms with Gasteiger partial charge in [-0.1, -0.05) is 28.9 Å². The number of hydrogen-bond acceptors (Lipinski definition) is 8. The minimum Gasteiger partial charge on any atom is -0.490 e. The summed E-state index contributed by atoms with van der Waals surface area (Å²) in [6.07, 6.45) is 0. The van der Waals surface area contributed by atoms with E-state index in [2.05, 4.69) is 10.1 Å². The third kappa shape index (κ3) is 4.21. The van der Waals surface area contributed by atoms with E-state index in [9.17, 15) is 14.9 Å². The van der Waals surface area contributed by atoms with Crippen molar-refractivity contribution in [1.82, 2.24) is 10.1 Å². The first-order valence-electron chi connectivity index (χ1n) is 7.56. The van der Waals surface area contributed by atoms with Gasteiger partial charge < -0.3 is 14.0 Å². The van der Waals surface area contributed by atoms with Crippen LogP contribution >= 0.6 is 11.6 Å². The van der Waals surface area contributed by atoms with Crippen molar-refractivity contribution >= 4 is 23.3 Å². The van der Waals surface area contributed by atoms with E-state index < -0.39 is 10.9 Å². The zero-order valence-electron chi connectivity index (χ0n) is 13.9. The molecular formula is C17H12ClN3O6. The molecule has 0 aliphatic heterocycles. The van der Waals surface area contributed by atoms with Gasteiger partial charge >= 0.3 is 11.7 Å². The summed E-state index contributed by atoms with van der Waals surface area (Å²) in [4.78, 5) is 26.6. The molecule has 3 rings (SSSR count). The second kappa shape index (κ2) is 7.83. The fourth-order valence-electron chi connectivity index (χ4n) is 2.23. The lowest BCUT2D eigenvalue weighted by atomic mass is 10.2. The van der Waals surface area contributed by atoms with E-state index in [1.165, 1.54) is 19.2 Å². The van der Waals surface area contributed by atoms with Crippen molar-refractivity contribution in [3.8, 4) is 17.1 Å². The Bertz CT molecular complexity index is 1000. The number of nitrogens with zero attached hydrogens (tertiary/aromatic N) is 3. The number of nitro groups is 1. The van der Waals surface area contributed by atoms with Crippen molar-refractivity contribution in [2.45, 2.75) is 6.61 Å². The molecule has 0 atom stereocenters. The number of rotatable bonds is 6. The summed E-state index contributed by atoms with van der Waals surface area (Å²) < 4.78 is 15.0. The van der Waals surface area contributed by atoms with Gasteiger partial charge in [-0.2, -0.15) is 4.98 Å². The smallest absolute Gasteiger partial charge is 0.338 e. The van der Waals surface area contributed by atoms with E-state index in [-0.39, 0.29) is 29.5 Å². The van der Waals surface area contributed by atoms with Crippen LogP contribution in [0.3, 0.4) is 0 Å². The molecule has 0 unspecified atom stereocenters. The predicted molar refractivity (Wildman–Crippen MR) is 93.5 cm³/mol. The van der Waals surface area contributed by atoms with Crippen molar-refractivity contribution in [2.24, 2.45) is 0 Å². The number of carbonyl (C=O) groups excluding carboxylic acids is 1. The van der Waals surface area contributed by atoms with E-state index in [0.29, 0.717) is 16.4 Å². The Morgan fingerprint density at radius 3 is 2.81 bits per heavy atom. The van der Waals surface area contributed by atoms with Crippen LogP contribution in [-0.4, -0.2) is 28.1 Å². The van der Waals surface area contributed by atoms with Crippen LogP contribution in [-0.2, 0) is 11.3 Å². The molecule has 0 spiro atoms. The van der Waals surface area contributed by atoms with E-state index in [4.69, 9.17) is 25.6 Å². The van der Waals surface area contributed by atoms with Crippen molar-refractivity contribution in [3.63, 3.8) is 0 Å². The molecule has 0 radical (unpaired) electrons. The quantitative estimate of drug-likeness (QED) is 0.356. The van der Waals surface area contributed by atoms with Gasteiger partial charge in [-0.25, -0.2) is 4.79 Å². The number of benzene rings is 2. The zero-order chi connectivity index (χ0) is 19.4. The monoisotopic (exact) mass is 389 g/mol. The minimum absolute atomic E-state index is 0.00270. The minimum atomic E-state index is -0.775. The first-order valence-corrected chi connectivity index (χ1v) is 7.94. The Hall–Kier alpha value is -3.46. The standard InChI is InChI=1S/C17H12ClN3O6/c1-25-14-6-5-11(8-13(14)21(23)24)17(22)26-9-15-19-16(20-27-15)10-3-2-4-12(18)7-10/h2-8H,9H2,1H3. The summed E-state index contributed by atoms with van der Waals surface area (Å²) in [7, 11) is 1.30. The first kappa shape index (κ1) is 18.3. The molecule has 138 valence electrons. The van der Waals surface area contributed by atoms with Crippen LogP contribution < -0.4 is 4.74 Å². The molecule has 0 bridgehead atoms. The molecular weight excluding hydrogens is 378 g/mol. The molecule has 1 heterocycles. The molecule has 1 aromatic heterocycles. The van der Waals surface area contributed by atoms with E-state index >= 15 is 0 Å². The van der Waals surface area contributed by atoms with Gasteiger partial charge in [-0.15, -0.1) is 0 Å². The van der Waals surface area contributed by atoms with Gasteiger partial charge in [0.2, 0.25) is 5.82 Å². The molecule has 2 aromatic carbocycles. The second-order valence-corrected chi connectivity index (χ2v) is 5.68. The lowest BCUT2D eigenvalue weighted by molar-refractivity contribution is -0.385. The Morgan fingerprint density at radius 2 is 2.11 bits per heavy atom. The van der Waals surface area contributed by atoms with Gasteiger partial charge in [0.15, 0.2) is 12.4 Å². The summed E-state index contributed by atoms with van der Waals surface area (Å²) in [6.45, 7) is -0.285. The maximum absolute atomic E-state index is 12.1. The lowest BCUT2D eigenvalue weighted by Gasteiger charge is -2.04. The Balaban J connectivity index is 1.69. The normalized spacial score (nSPS) is 10.4. The Labute approximate surface area is 157 Å². The average Bonchev–Trinajstić information content (AvgIpc) is 3.14. The molecule has 10 heteroatoms. The maximum atomic E-state index is 12.1. The van der Waals surface area contributed by atoms with Gasteiger partial charge in [-0.3, -0.25) is 10.1 Å². The third-order valence-corrected chi connectivity index (χ3v) is 3.72. The first-order chi connectivity index (χ1) is 13.0.